The first-order valence-corrected chi connectivity index (χ1v) is 4.00. The zero-order valence-electron chi connectivity index (χ0n) is 6.79. The molecular formula is C9H15O2. The van der Waals surface area contributed by atoms with E-state index in [0.29, 0.717) is 12.7 Å². The molecule has 2 unspecified atom stereocenters. The SMILES string of the molecule is [CH2]CC(CC=C)OCC1CO1. The fraction of sp³-hybridized carbons (Fsp3) is 0.667. The molecule has 1 aliphatic rings. The molecule has 2 nitrogen and oxygen atoms in total. The largest absolute Gasteiger partial charge is 0.375 e. The maximum atomic E-state index is 5.50. The summed E-state index contributed by atoms with van der Waals surface area (Å²) in [5.41, 5.74) is 0. The van der Waals surface area contributed by atoms with E-state index < -0.39 is 0 Å². The van der Waals surface area contributed by atoms with Gasteiger partial charge in [-0.1, -0.05) is 13.0 Å². The van der Waals surface area contributed by atoms with Gasteiger partial charge in [0.25, 0.3) is 0 Å². The summed E-state index contributed by atoms with van der Waals surface area (Å²) < 4.78 is 10.5. The number of epoxide rings is 1. The molecule has 0 N–H and O–H groups in total. The molecule has 0 spiro atoms. The lowest BCUT2D eigenvalue weighted by atomic mass is 10.2. The highest BCUT2D eigenvalue weighted by atomic mass is 16.6. The molecule has 0 aromatic heterocycles. The van der Waals surface area contributed by atoms with Crippen molar-refractivity contribution in [2.24, 2.45) is 0 Å². The molecule has 1 fully saturated rings. The van der Waals surface area contributed by atoms with Crippen molar-refractivity contribution in [1.82, 2.24) is 0 Å². The fourth-order valence-corrected chi connectivity index (χ4v) is 0.863. The standard InChI is InChI=1S/C9H15O2/c1-3-5-8(4-2)10-6-9-7-11-9/h3,8-9H,1-2,4-7H2. The minimum atomic E-state index is 0.233. The van der Waals surface area contributed by atoms with E-state index in [2.05, 4.69) is 13.5 Å². The van der Waals surface area contributed by atoms with Gasteiger partial charge in [-0.25, -0.2) is 0 Å². The summed E-state index contributed by atoms with van der Waals surface area (Å²) in [6.45, 7) is 9.02. The topological polar surface area (TPSA) is 21.8 Å². The van der Waals surface area contributed by atoms with Gasteiger partial charge in [-0.15, -0.1) is 6.58 Å². The summed E-state index contributed by atoms with van der Waals surface area (Å²) in [5, 5.41) is 0. The second-order valence-electron chi connectivity index (χ2n) is 2.72. The molecule has 63 valence electrons. The maximum Gasteiger partial charge on any atom is 0.104 e. The second-order valence-corrected chi connectivity index (χ2v) is 2.72. The number of hydrogen-bond acceptors (Lipinski definition) is 2. The molecule has 1 rings (SSSR count). The second kappa shape index (κ2) is 4.52. The molecule has 0 aromatic rings. The quantitative estimate of drug-likeness (QED) is 0.429. The van der Waals surface area contributed by atoms with Crippen LogP contribution in [0, 0.1) is 6.92 Å². The molecular weight excluding hydrogens is 140 g/mol. The molecule has 2 atom stereocenters. The Morgan fingerprint density at radius 3 is 2.91 bits per heavy atom. The molecule has 1 heterocycles. The van der Waals surface area contributed by atoms with Crippen molar-refractivity contribution < 1.29 is 9.47 Å². The van der Waals surface area contributed by atoms with Gasteiger partial charge >= 0.3 is 0 Å². The normalized spacial score (nSPS) is 24.6. The average molecular weight is 155 g/mol. The highest BCUT2D eigenvalue weighted by Gasteiger charge is 2.23. The van der Waals surface area contributed by atoms with Crippen LogP contribution in [0.2, 0.25) is 0 Å². The van der Waals surface area contributed by atoms with E-state index >= 15 is 0 Å². The predicted molar refractivity (Wildman–Crippen MR) is 44.3 cm³/mol. The number of ether oxygens (including phenoxy) is 2. The van der Waals surface area contributed by atoms with Crippen LogP contribution in [0.5, 0.6) is 0 Å². The summed E-state index contributed by atoms with van der Waals surface area (Å²) in [7, 11) is 0. The highest BCUT2D eigenvalue weighted by molar-refractivity contribution is 4.76. The maximum absolute atomic E-state index is 5.50. The molecule has 0 aliphatic carbocycles. The molecule has 11 heavy (non-hydrogen) atoms. The first kappa shape index (κ1) is 8.75. The molecule has 1 aliphatic heterocycles. The summed E-state index contributed by atoms with van der Waals surface area (Å²) in [6.07, 6.45) is 4.14. The highest BCUT2D eigenvalue weighted by Crippen LogP contribution is 2.12. The Balaban J connectivity index is 2.03. The van der Waals surface area contributed by atoms with Gasteiger partial charge < -0.3 is 9.47 Å². The number of hydrogen-bond donors (Lipinski definition) is 0. The summed E-state index contributed by atoms with van der Waals surface area (Å²) in [6, 6.07) is 0. The number of rotatable bonds is 6. The van der Waals surface area contributed by atoms with Gasteiger partial charge in [-0.05, 0) is 12.8 Å². The van der Waals surface area contributed by atoms with Gasteiger partial charge in [0.15, 0.2) is 0 Å². The lowest BCUT2D eigenvalue weighted by molar-refractivity contribution is 0.0461. The first-order valence-electron chi connectivity index (χ1n) is 4.00. The van der Waals surface area contributed by atoms with E-state index in [-0.39, 0.29) is 6.10 Å². The Morgan fingerprint density at radius 1 is 1.73 bits per heavy atom. The van der Waals surface area contributed by atoms with Gasteiger partial charge in [-0.3, -0.25) is 0 Å². The minimum Gasteiger partial charge on any atom is -0.375 e. The van der Waals surface area contributed by atoms with E-state index in [4.69, 9.17) is 9.47 Å². The molecule has 0 saturated carbocycles. The van der Waals surface area contributed by atoms with Crippen molar-refractivity contribution in [3.8, 4) is 0 Å². The van der Waals surface area contributed by atoms with Crippen LogP contribution < -0.4 is 0 Å². The Bertz CT molecular complexity index is 119. The third-order valence-corrected chi connectivity index (χ3v) is 1.67. The van der Waals surface area contributed by atoms with Gasteiger partial charge in [0.1, 0.15) is 6.10 Å². The van der Waals surface area contributed by atoms with E-state index in [1.165, 1.54) is 0 Å². The van der Waals surface area contributed by atoms with Gasteiger partial charge in [0.2, 0.25) is 0 Å². The fourth-order valence-electron chi connectivity index (χ4n) is 0.863. The smallest absolute Gasteiger partial charge is 0.104 e. The third kappa shape index (κ3) is 3.54. The van der Waals surface area contributed by atoms with Crippen LogP contribution in [0.3, 0.4) is 0 Å². The lowest BCUT2D eigenvalue weighted by Crippen LogP contribution is -2.14. The molecule has 1 saturated heterocycles. The van der Waals surface area contributed by atoms with E-state index in [0.717, 1.165) is 19.4 Å². The van der Waals surface area contributed by atoms with Crippen LogP contribution in [-0.4, -0.2) is 25.4 Å². The zero-order valence-corrected chi connectivity index (χ0v) is 6.79. The Morgan fingerprint density at radius 2 is 2.45 bits per heavy atom. The monoisotopic (exact) mass is 155 g/mol. The lowest BCUT2D eigenvalue weighted by Gasteiger charge is -2.12. The summed E-state index contributed by atoms with van der Waals surface area (Å²) in [5.74, 6) is 0. The van der Waals surface area contributed by atoms with Gasteiger partial charge in [0.05, 0.1) is 19.3 Å². The summed E-state index contributed by atoms with van der Waals surface area (Å²) >= 11 is 0. The Hall–Kier alpha value is -0.340. The van der Waals surface area contributed by atoms with Crippen LogP contribution in [0.25, 0.3) is 0 Å². The minimum absolute atomic E-state index is 0.233. The van der Waals surface area contributed by atoms with Crippen LogP contribution in [0.4, 0.5) is 0 Å². The third-order valence-electron chi connectivity index (χ3n) is 1.67. The first-order chi connectivity index (χ1) is 5.36. The molecule has 1 radical (unpaired) electrons. The van der Waals surface area contributed by atoms with Gasteiger partial charge in [0, 0.05) is 0 Å². The van der Waals surface area contributed by atoms with E-state index in [9.17, 15) is 0 Å². The van der Waals surface area contributed by atoms with Gasteiger partial charge in [-0.2, -0.15) is 0 Å². The Kier molecular flexibility index (Phi) is 3.60. The summed E-state index contributed by atoms with van der Waals surface area (Å²) in [4.78, 5) is 0. The van der Waals surface area contributed by atoms with Crippen molar-refractivity contribution in [2.75, 3.05) is 13.2 Å². The van der Waals surface area contributed by atoms with Crippen LogP contribution in [0.1, 0.15) is 12.8 Å². The van der Waals surface area contributed by atoms with Crippen molar-refractivity contribution in [1.29, 1.82) is 0 Å². The van der Waals surface area contributed by atoms with Crippen molar-refractivity contribution in [3.63, 3.8) is 0 Å². The Labute approximate surface area is 68.2 Å². The van der Waals surface area contributed by atoms with Crippen LogP contribution >= 0.6 is 0 Å². The molecule has 2 heteroatoms. The molecule has 0 bridgehead atoms. The van der Waals surface area contributed by atoms with Crippen molar-refractivity contribution in [2.45, 2.75) is 25.0 Å². The van der Waals surface area contributed by atoms with E-state index in [1.54, 1.807) is 0 Å². The van der Waals surface area contributed by atoms with Crippen LogP contribution in [-0.2, 0) is 9.47 Å². The van der Waals surface area contributed by atoms with Crippen molar-refractivity contribution >= 4 is 0 Å². The predicted octanol–water partition coefficient (Wildman–Crippen LogP) is 1.57. The van der Waals surface area contributed by atoms with E-state index in [1.807, 2.05) is 6.08 Å². The average Bonchev–Trinajstić information content (AvgIpc) is 2.81. The van der Waals surface area contributed by atoms with Crippen molar-refractivity contribution in [3.05, 3.63) is 19.6 Å². The molecule has 0 amide bonds. The zero-order chi connectivity index (χ0) is 8.10. The molecule has 0 aromatic carbocycles. The van der Waals surface area contributed by atoms with Crippen LogP contribution in [0.15, 0.2) is 12.7 Å².